The van der Waals surface area contributed by atoms with Crippen molar-refractivity contribution in [3.63, 3.8) is 0 Å². The summed E-state index contributed by atoms with van der Waals surface area (Å²) < 4.78 is 7.30. The minimum atomic E-state index is -0.456. The second kappa shape index (κ2) is 9.05. The average molecular weight is 425 g/mol. The summed E-state index contributed by atoms with van der Waals surface area (Å²) in [7, 11) is 5.73. The van der Waals surface area contributed by atoms with Crippen molar-refractivity contribution in [3.8, 4) is 16.9 Å². The standard InChI is InChI=1S/C22H28N6O3/c1-5-31-21(30)19-17(12-27(2)3)28(4)16-9-14(13-7-6-8-25-10-13)20(29)15(18(16)19)11-26-22(23)24/h6-10,29H,5,11-12H2,1-4H3,(H4,23,24,26). The predicted octanol–water partition coefficient (Wildman–Crippen LogP) is 2.17. The number of aryl methyl sites for hydroxylation is 1. The lowest BCUT2D eigenvalue weighted by Gasteiger charge is -2.14. The number of rotatable bonds is 7. The van der Waals surface area contributed by atoms with E-state index in [-0.39, 0.29) is 24.9 Å². The topological polar surface area (TPSA) is 129 Å². The number of phenolic OH excluding ortho intramolecular Hbond substituents is 1. The summed E-state index contributed by atoms with van der Waals surface area (Å²) in [5.41, 5.74) is 9.22. The van der Waals surface area contributed by atoms with Crippen molar-refractivity contribution in [3.05, 3.63) is 47.4 Å². The number of hydrogen-bond acceptors (Lipinski definition) is 6. The molecule has 3 rings (SSSR count). The Balaban J connectivity index is 2.41. The van der Waals surface area contributed by atoms with E-state index in [2.05, 4.69) is 10.3 Å². The molecule has 0 fully saturated rings. The molecule has 0 saturated carbocycles. The molecule has 0 aliphatic heterocycles. The maximum absolute atomic E-state index is 13.0. The highest BCUT2D eigenvalue weighted by molar-refractivity contribution is 6.09. The third-order valence-electron chi connectivity index (χ3n) is 5.06. The van der Waals surface area contributed by atoms with E-state index in [1.54, 1.807) is 25.4 Å². The van der Waals surface area contributed by atoms with Gasteiger partial charge in [-0.25, -0.2) is 4.79 Å². The number of aromatic nitrogens is 2. The maximum atomic E-state index is 13.0. The Morgan fingerprint density at radius 1 is 1.42 bits per heavy atom. The number of hydrogen-bond donors (Lipinski definition) is 4. The van der Waals surface area contributed by atoms with Crippen LogP contribution in [0, 0.1) is 5.41 Å². The molecule has 2 heterocycles. The van der Waals surface area contributed by atoms with Gasteiger partial charge >= 0.3 is 5.97 Å². The minimum absolute atomic E-state index is 0.00167. The Morgan fingerprint density at radius 2 is 2.16 bits per heavy atom. The second-order valence-electron chi connectivity index (χ2n) is 7.49. The van der Waals surface area contributed by atoms with Gasteiger partial charge in [0.25, 0.3) is 0 Å². The zero-order chi connectivity index (χ0) is 22.7. The average Bonchev–Trinajstić information content (AvgIpc) is 2.98. The summed E-state index contributed by atoms with van der Waals surface area (Å²) in [6.45, 7) is 2.56. The first kappa shape index (κ1) is 22.1. The minimum Gasteiger partial charge on any atom is -0.507 e. The number of nitrogens with two attached hydrogens (primary N) is 1. The zero-order valence-corrected chi connectivity index (χ0v) is 18.2. The number of carbonyl (C=O) groups excluding carboxylic acids is 1. The van der Waals surface area contributed by atoms with Crippen LogP contribution in [0.15, 0.2) is 30.6 Å². The van der Waals surface area contributed by atoms with Gasteiger partial charge < -0.3 is 30.4 Å². The highest BCUT2D eigenvalue weighted by atomic mass is 16.5. The molecule has 0 unspecified atom stereocenters. The zero-order valence-electron chi connectivity index (χ0n) is 18.2. The molecule has 9 heteroatoms. The fraction of sp³-hybridized carbons (Fsp3) is 0.318. The Morgan fingerprint density at radius 3 is 2.74 bits per heavy atom. The van der Waals surface area contributed by atoms with Gasteiger partial charge in [0.05, 0.1) is 17.7 Å². The quantitative estimate of drug-likeness (QED) is 0.260. The molecule has 0 aliphatic rings. The first-order valence-electron chi connectivity index (χ1n) is 9.92. The highest BCUT2D eigenvalue weighted by Gasteiger charge is 2.28. The van der Waals surface area contributed by atoms with E-state index in [9.17, 15) is 9.90 Å². The SMILES string of the molecule is CCOC(=O)c1c(CN(C)C)n(C)c2cc(-c3cccnc3)c(O)c(CNC(=N)N)c12. The van der Waals surface area contributed by atoms with Gasteiger partial charge in [0.1, 0.15) is 5.75 Å². The number of guanidine groups is 1. The Kier molecular flexibility index (Phi) is 6.45. The van der Waals surface area contributed by atoms with Gasteiger partial charge in [-0.2, -0.15) is 0 Å². The van der Waals surface area contributed by atoms with Crippen molar-refractivity contribution < 1.29 is 14.6 Å². The molecule has 2 aromatic heterocycles. The smallest absolute Gasteiger partial charge is 0.340 e. The van der Waals surface area contributed by atoms with Crippen LogP contribution in [0.5, 0.6) is 5.75 Å². The third-order valence-corrected chi connectivity index (χ3v) is 5.06. The Hall–Kier alpha value is -3.59. The van der Waals surface area contributed by atoms with Crippen molar-refractivity contribution in [2.45, 2.75) is 20.0 Å². The summed E-state index contributed by atoms with van der Waals surface area (Å²) in [6, 6.07) is 5.49. The Bertz CT molecular complexity index is 1120. The van der Waals surface area contributed by atoms with Crippen LogP contribution in [0.2, 0.25) is 0 Å². The van der Waals surface area contributed by atoms with Crippen LogP contribution in [0.3, 0.4) is 0 Å². The van der Waals surface area contributed by atoms with E-state index in [4.69, 9.17) is 15.9 Å². The largest absolute Gasteiger partial charge is 0.507 e. The molecule has 5 N–H and O–H groups in total. The summed E-state index contributed by atoms with van der Waals surface area (Å²) in [6.07, 6.45) is 3.33. The van der Waals surface area contributed by atoms with E-state index in [0.29, 0.717) is 28.6 Å². The third kappa shape index (κ3) is 4.31. The van der Waals surface area contributed by atoms with Crippen molar-refractivity contribution in [1.29, 1.82) is 5.41 Å². The summed E-state index contributed by atoms with van der Waals surface area (Å²) >= 11 is 0. The number of ether oxygens (including phenoxy) is 1. The number of nitrogens with zero attached hydrogens (tertiary/aromatic N) is 3. The van der Waals surface area contributed by atoms with Crippen LogP contribution in [0.4, 0.5) is 0 Å². The van der Waals surface area contributed by atoms with Crippen LogP contribution in [-0.2, 0) is 24.9 Å². The second-order valence-corrected chi connectivity index (χ2v) is 7.49. The van der Waals surface area contributed by atoms with Crippen LogP contribution in [-0.4, -0.2) is 52.2 Å². The molecule has 31 heavy (non-hydrogen) atoms. The number of esters is 1. The van der Waals surface area contributed by atoms with E-state index >= 15 is 0 Å². The molecule has 164 valence electrons. The fourth-order valence-corrected chi connectivity index (χ4v) is 3.72. The van der Waals surface area contributed by atoms with E-state index < -0.39 is 5.97 Å². The van der Waals surface area contributed by atoms with Crippen LogP contribution in [0.1, 0.15) is 28.5 Å². The number of phenols is 1. The van der Waals surface area contributed by atoms with Crippen molar-refractivity contribution in [2.24, 2.45) is 12.8 Å². The van der Waals surface area contributed by atoms with Gasteiger partial charge in [0.15, 0.2) is 5.96 Å². The fourth-order valence-electron chi connectivity index (χ4n) is 3.72. The van der Waals surface area contributed by atoms with Crippen molar-refractivity contribution in [1.82, 2.24) is 19.8 Å². The molecule has 0 bridgehead atoms. The number of carbonyl (C=O) groups is 1. The predicted molar refractivity (Wildman–Crippen MR) is 120 cm³/mol. The van der Waals surface area contributed by atoms with Crippen molar-refractivity contribution in [2.75, 3.05) is 20.7 Å². The molecular weight excluding hydrogens is 396 g/mol. The monoisotopic (exact) mass is 424 g/mol. The van der Waals surface area contributed by atoms with Gasteiger partial charge in [-0.05, 0) is 33.2 Å². The maximum Gasteiger partial charge on any atom is 0.340 e. The first-order chi connectivity index (χ1) is 14.8. The normalized spacial score (nSPS) is 11.1. The lowest BCUT2D eigenvalue weighted by atomic mass is 9.96. The number of benzene rings is 1. The number of nitrogens with one attached hydrogen (secondary N) is 2. The first-order valence-corrected chi connectivity index (χ1v) is 9.92. The summed E-state index contributed by atoms with van der Waals surface area (Å²) in [5, 5.41) is 22.1. The molecule has 0 aliphatic carbocycles. The summed E-state index contributed by atoms with van der Waals surface area (Å²) in [5.74, 6) is -0.689. The molecule has 1 aromatic carbocycles. The van der Waals surface area contributed by atoms with Crippen molar-refractivity contribution >= 4 is 22.8 Å². The molecule has 0 radical (unpaired) electrons. The van der Waals surface area contributed by atoms with Gasteiger partial charge in [-0.15, -0.1) is 0 Å². The van der Waals surface area contributed by atoms with E-state index in [1.165, 1.54) is 0 Å². The van der Waals surface area contributed by atoms with Crippen LogP contribution in [0.25, 0.3) is 22.0 Å². The lowest BCUT2D eigenvalue weighted by Crippen LogP contribution is -2.29. The van der Waals surface area contributed by atoms with Gasteiger partial charge in [0, 0.05) is 60.3 Å². The molecule has 3 aromatic rings. The van der Waals surface area contributed by atoms with E-state index in [0.717, 1.165) is 16.8 Å². The number of fused-ring (bicyclic) bond motifs is 1. The van der Waals surface area contributed by atoms with Gasteiger partial charge in [-0.3, -0.25) is 10.4 Å². The lowest BCUT2D eigenvalue weighted by molar-refractivity contribution is 0.0526. The van der Waals surface area contributed by atoms with Crippen LogP contribution < -0.4 is 11.1 Å². The summed E-state index contributed by atoms with van der Waals surface area (Å²) in [4.78, 5) is 19.1. The molecular formula is C22H28N6O3. The molecule has 0 amide bonds. The molecule has 0 spiro atoms. The van der Waals surface area contributed by atoms with Crippen LogP contribution >= 0.6 is 0 Å². The number of pyridine rings is 1. The molecule has 0 saturated heterocycles. The van der Waals surface area contributed by atoms with E-state index in [1.807, 2.05) is 42.7 Å². The highest BCUT2D eigenvalue weighted by Crippen LogP contribution is 2.41. The molecule has 9 nitrogen and oxygen atoms in total. The molecule has 0 atom stereocenters. The number of aromatic hydroxyl groups is 1. The van der Waals surface area contributed by atoms with Gasteiger partial charge in [-0.1, -0.05) is 6.07 Å². The van der Waals surface area contributed by atoms with Gasteiger partial charge in [0.2, 0.25) is 0 Å². The Labute approximate surface area is 180 Å².